The third-order valence-corrected chi connectivity index (χ3v) is 10.2. The lowest BCUT2D eigenvalue weighted by Gasteiger charge is -2.18. The van der Waals surface area contributed by atoms with E-state index in [0.717, 1.165) is 0 Å². The highest BCUT2D eigenvalue weighted by Gasteiger charge is 2.20. The molecule has 9 aromatic carbocycles. The third kappa shape index (κ3) is 3.91. The first kappa shape index (κ1) is 27.0. The molecule has 0 amide bonds. The molecule has 0 saturated carbocycles. The van der Waals surface area contributed by atoms with Gasteiger partial charge in [-0.1, -0.05) is 151 Å². The van der Waals surface area contributed by atoms with Crippen LogP contribution in [0.3, 0.4) is 0 Å². The largest absolute Gasteiger partial charge is 0.308 e. The summed E-state index contributed by atoms with van der Waals surface area (Å²) < 4.78 is 2.50. The monoisotopic (exact) mass is 609 g/mol. The van der Waals surface area contributed by atoms with Gasteiger partial charge in [0.1, 0.15) is 0 Å². The summed E-state index contributed by atoms with van der Waals surface area (Å²) in [6.07, 6.45) is 0. The van der Waals surface area contributed by atoms with Crippen molar-refractivity contribution in [2.75, 3.05) is 0 Å². The van der Waals surface area contributed by atoms with Crippen LogP contribution in [0.4, 0.5) is 0 Å². The van der Waals surface area contributed by atoms with Crippen molar-refractivity contribution in [1.29, 1.82) is 0 Å². The minimum atomic E-state index is 1.21. The molecule has 0 unspecified atom stereocenters. The van der Waals surface area contributed by atoms with Crippen LogP contribution in [0.25, 0.3) is 92.8 Å². The van der Waals surface area contributed by atoms with Crippen molar-refractivity contribution in [2.45, 2.75) is 6.92 Å². The van der Waals surface area contributed by atoms with Crippen molar-refractivity contribution >= 4 is 64.9 Å². The van der Waals surface area contributed by atoms with E-state index in [4.69, 9.17) is 0 Å². The summed E-state index contributed by atoms with van der Waals surface area (Å²) in [5, 5.41) is 12.6. The quantitative estimate of drug-likeness (QED) is 0.176. The van der Waals surface area contributed by atoms with Crippen LogP contribution in [0, 0.1) is 6.92 Å². The highest BCUT2D eigenvalue weighted by atomic mass is 15.0. The molecule has 10 aromatic rings. The summed E-state index contributed by atoms with van der Waals surface area (Å²) >= 11 is 0. The Hall–Kier alpha value is -6.18. The topological polar surface area (TPSA) is 4.93 Å². The van der Waals surface area contributed by atoms with E-state index in [-0.39, 0.29) is 0 Å². The average Bonchev–Trinajstić information content (AvgIpc) is 3.46. The van der Waals surface area contributed by atoms with Crippen LogP contribution in [0.2, 0.25) is 0 Å². The fraction of sp³-hybridized carbons (Fsp3) is 0.0213. The Morgan fingerprint density at radius 3 is 1.35 bits per heavy atom. The van der Waals surface area contributed by atoms with Crippen LogP contribution in [-0.4, -0.2) is 4.57 Å². The molecule has 1 nitrogen and oxygen atoms in total. The van der Waals surface area contributed by atoms with Gasteiger partial charge in [0, 0.05) is 21.5 Å². The lowest BCUT2D eigenvalue weighted by atomic mass is 9.85. The Morgan fingerprint density at radius 2 is 0.771 bits per heavy atom. The predicted octanol–water partition coefficient (Wildman–Crippen LogP) is 13.0. The number of para-hydroxylation sites is 1. The number of hydrogen-bond donors (Lipinski definition) is 0. The van der Waals surface area contributed by atoms with Gasteiger partial charge in [0.15, 0.2) is 0 Å². The molecule has 0 aliphatic heterocycles. The van der Waals surface area contributed by atoms with Crippen LogP contribution in [0.15, 0.2) is 170 Å². The van der Waals surface area contributed by atoms with Crippen molar-refractivity contribution in [3.63, 3.8) is 0 Å². The molecule has 1 heteroatoms. The number of aryl methyl sites for hydroxylation is 1. The second kappa shape index (κ2) is 10.4. The Balaban J connectivity index is 1.31. The fourth-order valence-electron chi connectivity index (χ4n) is 8.07. The molecule has 0 N–H and O–H groups in total. The zero-order valence-corrected chi connectivity index (χ0v) is 26.6. The molecule has 0 atom stereocenters. The summed E-state index contributed by atoms with van der Waals surface area (Å²) in [7, 11) is 0. The number of aromatic nitrogens is 1. The van der Waals surface area contributed by atoms with Crippen molar-refractivity contribution in [2.24, 2.45) is 0 Å². The molecule has 10 rings (SSSR count). The van der Waals surface area contributed by atoms with Gasteiger partial charge in [0.2, 0.25) is 0 Å². The van der Waals surface area contributed by atoms with Crippen molar-refractivity contribution in [3.05, 3.63) is 175 Å². The van der Waals surface area contributed by atoms with Gasteiger partial charge in [-0.25, -0.2) is 0 Å². The summed E-state index contributed by atoms with van der Waals surface area (Å²) in [6.45, 7) is 2.15. The molecule has 0 saturated heterocycles. The summed E-state index contributed by atoms with van der Waals surface area (Å²) in [6, 6.07) is 62.7. The molecule has 224 valence electrons. The molecule has 0 bridgehead atoms. The second-order valence-electron chi connectivity index (χ2n) is 13.0. The lowest BCUT2D eigenvalue weighted by Crippen LogP contribution is -1.97. The van der Waals surface area contributed by atoms with Crippen LogP contribution in [-0.2, 0) is 0 Å². The van der Waals surface area contributed by atoms with Crippen molar-refractivity contribution in [3.8, 4) is 27.9 Å². The normalized spacial score (nSPS) is 11.9. The minimum absolute atomic E-state index is 1.21. The Kier molecular flexibility index (Phi) is 5.86. The number of rotatable bonds is 3. The Morgan fingerprint density at radius 1 is 0.333 bits per heavy atom. The van der Waals surface area contributed by atoms with Gasteiger partial charge in [0.05, 0.1) is 16.7 Å². The predicted molar refractivity (Wildman–Crippen MR) is 206 cm³/mol. The van der Waals surface area contributed by atoms with Crippen LogP contribution < -0.4 is 0 Å². The second-order valence-corrected chi connectivity index (χ2v) is 13.0. The molecule has 0 fully saturated rings. The molecule has 1 heterocycles. The molecule has 0 aliphatic carbocycles. The fourth-order valence-corrected chi connectivity index (χ4v) is 8.07. The summed E-state index contributed by atoms with van der Waals surface area (Å²) in [5.74, 6) is 0. The third-order valence-electron chi connectivity index (χ3n) is 10.2. The highest BCUT2D eigenvalue weighted by Crippen LogP contribution is 2.45. The first-order chi connectivity index (χ1) is 23.7. The number of benzene rings is 9. The molecule has 0 aliphatic rings. The maximum Gasteiger partial charge on any atom is 0.0618 e. The van der Waals surface area contributed by atoms with E-state index in [1.807, 2.05) is 0 Å². The van der Waals surface area contributed by atoms with Gasteiger partial charge in [-0.05, 0) is 85.8 Å². The SMILES string of the molecule is Cc1ccc(-c2c3ccccc3c(-c3ccc4c(c3)c3ccccc3n4-c3c4ccccc4cc4ccccc34)c3ccccc23)cc1. The number of fused-ring (bicyclic) bond motifs is 7. The number of nitrogens with zero attached hydrogens (tertiary/aromatic N) is 1. The van der Waals surface area contributed by atoms with Gasteiger partial charge < -0.3 is 4.57 Å². The Labute approximate surface area is 278 Å². The Bertz CT molecular complexity index is 2780. The van der Waals surface area contributed by atoms with E-state index < -0.39 is 0 Å². The minimum Gasteiger partial charge on any atom is -0.308 e. The first-order valence-corrected chi connectivity index (χ1v) is 16.7. The lowest BCUT2D eigenvalue weighted by molar-refractivity contribution is 1.21. The van der Waals surface area contributed by atoms with E-state index >= 15 is 0 Å². The van der Waals surface area contributed by atoms with Gasteiger partial charge in [-0.3, -0.25) is 0 Å². The molecule has 48 heavy (non-hydrogen) atoms. The highest BCUT2D eigenvalue weighted by molar-refractivity contribution is 6.23. The van der Waals surface area contributed by atoms with Crippen molar-refractivity contribution in [1.82, 2.24) is 4.57 Å². The first-order valence-electron chi connectivity index (χ1n) is 16.7. The van der Waals surface area contributed by atoms with Crippen LogP contribution in [0.5, 0.6) is 0 Å². The zero-order chi connectivity index (χ0) is 31.8. The molecular formula is C47H31N. The van der Waals surface area contributed by atoms with Crippen LogP contribution in [0.1, 0.15) is 5.56 Å². The molecule has 0 radical (unpaired) electrons. The van der Waals surface area contributed by atoms with E-state index in [1.165, 1.54) is 98.4 Å². The standard InChI is InChI=1S/C47H31N/c1-30-22-24-31(25-23-30)45-38-17-6-8-19-40(38)46(41-20-9-7-18-39(41)45)34-26-27-44-42(29-34)37-16-10-11-21-43(37)48(44)47-35-14-4-2-12-32(35)28-33-13-3-5-15-36(33)47/h2-29H,1H3. The van der Waals surface area contributed by atoms with E-state index in [0.29, 0.717) is 0 Å². The van der Waals surface area contributed by atoms with Crippen molar-refractivity contribution < 1.29 is 0 Å². The maximum absolute atomic E-state index is 2.50. The van der Waals surface area contributed by atoms with Gasteiger partial charge in [-0.2, -0.15) is 0 Å². The molecule has 0 spiro atoms. The van der Waals surface area contributed by atoms with E-state index in [2.05, 4.69) is 181 Å². The van der Waals surface area contributed by atoms with E-state index in [1.54, 1.807) is 0 Å². The van der Waals surface area contributed by atoms with Gasteiger partial charge in [-0.15, -0.1) is 0 Å². The molecular weight excluding hydrogens is 579 g/mol. The number of hydrogen-bond acceptors (Lipinski definition) is 0. The smallest absolute Gasteiger partial charge is 0.0618 e. The maximum atomic E-state index is 2.50. The van der Waals surface area contributed by atoms with Gasteiger partial charge >= 0.3 is 0 Å². The average molecular weight is 610 g/mol. The summed E-state index contributed by atoms with van der Waals surface area (Å²) in [5.41, 5.74) is 10.0. The zero-order valence-electron chi connectivity index (χ0n) is 26.6. The van der Waals surface area contributed by atoms with Gasteiger partial charge in [0.25, 0.3) is 0 Å². The van der Waals surface area contributed by atoms with E-state index in [9.17, 15) is 0 Å². The molecule has 1 aromatic heterocycles. The van der Waals surface area contributed by atoms with Crippen LogP contribution >= 0.6 is 0 Å². The summed E-state index contributed by atoms with van der Waals surface area (Å²) in [4.78, 5) is 0.